The summed E-state index contributed by atoms with van der Waals surface area (Å²) in [6.45, 7) is 2.85. The van der Waals surface area contributed by atoms with Gasteiger partial charge >= 0.3 is 0 Å². The van der Waals surface area contributed by atoms with Gasteiger partial charge in [0.1, 0.15) is 11.9 Å². The van der Waals surface area contributed by atoms with Gasteiger partial charge in [-0.1, -0.05) is 67.0 Å². The fourth-order valence-corrected chi connectivity index (χ4v) is 4.56. The SMILES string of the molecule is COc1ccc(CCN2CCC[C@H]2COC(c2ccc(Cl)cc2)c2ccc(Cl)cc2)cc1.[3H]C. The van der Waals surface area contributed by atoms with Crippen molar-refractivity contribution in [3.63, 3.8) is 0 Å². The molecule has 1 saturated heterocycles. The third-order valence-corrected chi connectivity index (χ3v) is 6.65. The zero-order valence-electron chi connectivity index (χ0n) is 20.3. The molecule has 1 atom stereocenters. The third kappa shape index (κ3) is 6.97. The highest BCUT2D eigenvalue weighted by Gasteiger charge is 2.26. The third-order valence-electron chi connectivity index (χ3n) is 6.15. The molecule has 1 aliphatic rings. The van der Waals surface area contributed by atoms with Gasteiger partial charge in [-0.2, -0.15) is 0 Å². The molecular formula is C28H33Cl2NO2. The molecule has 4 rings (SSSR count). The Labute approximate surface area is 209 Å². The van der Waals surface area contributed by atoms with Crippen LogP contribution >= 0.6 is 23.2 Å². The molecule has 0 radical (unpaired) electrons. The maximum absolute atomic E-state index is 6.55. The Morgan fingerprint density at radius 3 is 2.06 bits per heavy atom. The molecule has 0 saturated carbocycles. The summed E-state index contributed by atoms with van der Waals surface area (Å²) in [5.41, 5.74) is 3.52. The Morgan fingerprint density at radius 2 is 1.52 bits per heavy atom. The Balaban J connectivity index is 0.00000158. The molecule has 3 nitrogen and oxygen atoms in total. The minimum absolute atomic E-state index is 0.145. The summed E-state index contributed by atoms with van der Waals surface area (Å²) in [6.07, 6.45) is 3.26. The zero-order valence-corrected chi connectivity index (χ0v) is 20.9. The highest BCUT2D eigenvalue weighted by atomic mass is 35.5. The van der Waals surface area contributed by atoms with E-state index >= 15 is 0 Å². The minimum atomic E-state index is -0.145. The number of hydrogen-bond acceptors (Lipinski definition) is 3. The van der Waals surface area contributed by atoms with Crippen LogP contribution in [0, 0.1) is 0 Å². The quantitative estimate of drug-likeness (QED) is 0.312. The Morgan fingerprint density at radius 1 is 0.939 bits per heavy atom. The highest BCUT2D eigenvalue weighted by Crippen LogP contribution is 2.30. The smallest absolute Gasteiger partial charge is 0.118 e. The predicted molar refractivity (Wildman–Crippen MR) is 139 cm³/mol. The molecule has 3 aromatic carbocycles. The molecule has 1 heterocycles. The predicted octanol–water partition coefficient (Wildman–Crippen LogP) is 7.45. The standard InChI is InChI=1S/C27H29Cl2NO2.CH4/c1-31-26-14-4-20(5-15-26)16-18-30-17-2-3-25(30)19-32-27(21-6-10-23(28)11-7-21)22-8-12-24(29)13-9-22;/h4-15,25,27H,2-3,16-19H2,1H3;1H4/t25-;/m0./s1/i;1T. The van der Waals surface area contributed by atoms with Crippen LogP contribution in [0.1, 0.15) is 44.4 Å². The number of ether oxygens (including phenoxy) is 2. The van der Waals surface area contributed by atoms with E-state index in [9.17, 15) is 0 Å². The first-order chi connectivity index (χ1) is 16.6. The molecule has 0 N–H and O–H groups in total. The van der Waals surface area contributed by atoms with E-state index in [1.807, 2.05) is 60.7 Å². The van der Waals surface area contributed by atoms with E-state index < -0.39 is 0 Å². The molecule has 1 aliphatic heterocycles. The van der Waals surface area contributed by atoms with Crippen molar-refractivity contribution >= 4 is 23.2 Å². The van der Waals surface area contributed by atoms with Crippen LogP contribution in [-0.4, -0.2) is 37.7 Å². The Kier molecular flexibility index (Phi) is 9.08. The average Bonchev–Trinajstić information content (AvgIpc) is 3.34. The molecule has 0 aromatic heterocycles. The minimum Gasteiger partial charge on any atom is -0.497 e. The van der Waals surface area contributed by atoms with Gasteiger partial charge in [0.15, 0.2) is 0 Å². The fraction of sp³-hybridized carbons (Fsp3) is 0.357. The van der Waals surface area contributed by atoms with E-state index in [2.05, 4.69) is 17.0 Å². The summed E-state index contributed by atoms with van der Waals surface area (Å²) in [4.78, 5) is 2.56. The molecule has 33 heavy (non-hydrogen) atoms. The molecular weight excluding hydrogens is 453 g/mol. The van der Waals surface area contributed by atoms with Crippen molar-refractivity contribution in [1.29, 1.82) is 0 Å². The molecule has 0 aliphatic carbocycles. The molecule has 0 unspecified atom stereocenters. The lowest BCUT2D eigenvalue weighted by Gasteiger charge is -2.27. The van der Waals surface area contributed by atoms with Crippen LogP contribution in [-0.2, 0) is 11.2 Å². The second kappa shape index (κ2) is 12.4. The molecule has 0 amide bonds. The number of halogens is 2. The van der Waals surface area contributed by atoms with Crippen LogP contribution in [0.5, 0.6) is 5.75 Å². The highest BCUT2D eigenvalue weighted by molar-refractivity contribution is 6.30. The molecule has 1 fully saturated rings. The zero-order chi connectivity index (χ0) is 24.3. The lowest BCUT2D eigenvalue weighted by Crippen LogP contribution is -2.35. The van der Waals surface area contributed by atoms with Crippen molar-refractivity contribution < 1.29 is 10.8 Å². The van der Waals surface area contributed by atoms with Crippen LogP contribution < -0.4 is 4.74 Å². The van der Waals surface area contributed by atoms with Crippen molar-refractivity contribution in [3.05, 3.63) is 99.5 Å². The number of nitrogens with zero attached hydrogens (tertiary/aromatic N) is 1. The number of rotatable bonds is 9. The van der Waals surface area contributed by atoms with Crippen LogP contribution in [0.25, 0.3) is 0 Å². The normalized spacial score (nSPS) is 16.3. The van der Waals surface area contributed by atoms with E-state index in [1.165, 1.54) is 19.4 Å². The Hall–Kier alpha value is -2.04. The van der Waals surface area contributed by atoms with Crippen LogP contribution in [0.2, 0.25) is 10.0 Å². The number of hydrogen-bond donors (Lipinski definition) is 0. The van der Waals surface area contributed by atoms with E-state index in [0.717, 1.165) is 52.9 Å². The molecule has 3 aromatic rings. The van der Waals surface area contributed by atoms with Crippen LogP contribution in [0.15, 0.2) is 72.8 Å². The largest absolute Gasteiger partial charge is 0.497 e. The summed E-state index contributed by atoms with van der Waals surface area (Å²) in [5, 5.41) is 1.45. The number of methoxy groups -OCH3 is 1. The summed E-state index contributed by atoms with van der Waals surface area (Å²) in [5.74, 6) is 0.900. The summed E-state index contributed by atoms with van der Waals surface area (Å²) < 4.78 is 17.6. The maximum Gasteiger partial charge on any atom is 0.118 e. The van der Waals surface area contributed by atoms with E-state index in [4.69, 9.17) is 34.0 Å². The Bertz CT molecular complexity index is 935. The van der Waals surface area contributed by atoms with Gasteiger partial charge in [0.05, 0.1) is 13.7 Å². The van der Waals surface area contributed by atoms with Gasteiger partial charge in [0, 0.05) is 24.0 Å². The van der Waals surface area contributed by atoms with Crippen molar-refractivity contribution in [3.8, 4) is 5.75 Å². The van der Waals surface area contributed by atoms with Gasteiger partial charge in [0.2, 0.25) is 0 Å². The van der Waals surface area contributed by atoms with Gasteiger partial charge < -0.3 is 9.47 Å². The van der Waals surface area contributed by atoms with E-state index in [0.29, 0.717) is 12.6 Å². The second-order valence-electron chi connectivity index (χ2n) is 8.25. The lowest BCUT2D eigenvalue weighted by molar-refractivity contribution is 0.0381. The number of benzene rings is 3. The monoisotopic (exact) mass is 487 g/mol. The van der Waals surface area contributed by atoms with E-state index in [-0.39, 0.29) is 6.10 Å². The molecule has 0 spiro atoms. The van der Waals surface area contributed by atoms with Crippen molar-refractivity contribution in [2.45, 2.75) is 38.8 Å². The van der Waals surface area contributed by atoms with Crippen LogP contribution in [0.4, 0.5) is 0 Å². The lowest BCUT2D eigenvalue weighted by atomic mass is 10.0. The summed E-state index contributed by atoms with van der Waals surface area (Å²) in [7, 11) is 2.95. The van der Waals surface area contributed by atoms with Gasteiger partial charge in [-0.05, 0) is 78.9 Å². The van der Waals surface area contributed by atoms with Crippen LogP contribution in [0.3, 0.4) is 0 Å². The summed E-state index contributed by atoms with van der Waals surface area (Å²) >= 11 is 12.2. The first kappa shape index (κ1) is 24.1. The van der Waals surface area contributed by atoms with Gasteiger partial charge in [-0.25, -0.2) is 0 Å². The van der Waals surface area contributed by atoms with Gasteiger partial charge in [-0.3, -0.25) is 4.90 Å². The molecule has 5 heteroatoms. The second-order valence-corrected chi connectivity index (χ2v) is 9.12. The average molecular weight is 488 g/mol. The van der Waals surface area contributed by atoms with Crippen molar-refractivity contribution in [2.24, 2.45) is 0 Å². The van der Waals surface area contributed by atoms with Gasteiger partial charge in [0.25, 0.3) is 0 Å². The maximum atomic E-state index is 6.55. The van der Waals surface area contributed by atoms with Gasteiger partial charge in [-0.15, -0.1) is 0 Å². The number of likely N-dealkylation sites (tertiary alicyclic amines) is 1. The fourth-order valence-electron chi connectivity index (χ4n) is 4.31. The first-order valence-electron chi connectivity index (χ1n) is 12.1. The summed E-state index contributed by atoms with van der Waals surface area (Å²) in [6, 6.07) is 24.6. The first-order valence-corrected chi connectivity index (χ1v) is 11.9. The topological polar surface area (TPSA) is 21.7 Å². The molecule has 176 valence electrons. The molecule has 0 bridgehead atoms. The van der Waals surface area contributed by atoms with Crippen molar-refractivity contribution in [1.82, 2.24) is 4.90 Å². The van der Waals surface area contributed by atoms with Crippen molar-refractivity contribution in [2.75, 3.05) is 26.8 Å². The van der Waals surface area contributed by atoms with E-state index in [1.54, 1.807) is 7.11 Å².